The highest BCUT2D eigenvalue weighted by Gasteiger charge is 2.39. The second-order valence-corrected chi connectivity index (χ2v) is 6.94. The van der Waals surface area contributed by atoms with Crippen molar-refractivity contribution >= 4 is 35.1 Å². The van der Waals surface area contributed by atoms with Crippen molar-refractivity contribution in [2.45, 2.75) is 45.5 Å². The Balaban J connectivity index is 2.00. The number of nitrogens with one attached hydrogen (secondary N) is 2. The van der Waals surface area contributed by atoms with Crippen LogP contribution in [-0.2, 0) is 23.8 Å². The van der Waals surface area contributed by atoms with E-state index in [1.807, 2.05) is 19.1 Å². The van der Waals surface area contributed by atoms with E-state index >= 15 is 0 Å². The zero-order valence-electron chi connectivity index (χ0n) is 15.2. The Morgan fingerprint density at radius 2 is 2.00 bits per heavy atom. The van der Waals surface area contributed by atoms with Gasteiger partial charge >= 0.3 is 17.6 Å². The van der Waals surface area contributed by atoms with Gasteiger partial charge in [-0.05, 0) is 18.6 Å². The third kappa shape index (κ3) is 4.25. The van der Waals surface area contributed by atoms with Crippen LogP contribution in [0.5, 0.6) is 0 Å². The van der Waals surface area contributed by atoms with Gasteiger partial charge in [0.15, 0.2) is 0 Å². The van der Waals surface area contributed by atoms with Gasteiger partial charge in [-0.3, -0.25) is 14.6 Å². The number of hydrogen-bond acceptors (Lipinski definition) is 7. The molecule has 144 valence electrons. The molecule has 27 heavy (non-hydrogen) atoms. The van der Waals surface area contributed by atoms with Gasteiger partial charge in [0.25, 0.3) is 0 Å². The third-order valence-electron chi connectivity index (χ3n) is 4.34. The lowest BCUT2D eigenvalue weighted by Gasteiger charge is -2.18. The highest BCUT2D eigenvalue weighted by Crippen LogP contribution is 2.38. The number of esters is 2. The molecule has 2 N–H and O–H groups in total. The largest absolute Gasteiger partial charge is 0.463 e. The number of aryl methyl sites for hydroxylation is 1. The number of rotatable bonds is 4. The number of hydrogen-bond donors (Lipinski definition) is 2. The molecule has 3 rings (SSSR count). The Morgan fingerprint density at radius 1 is 1.26 bits per heavy atom. The van der Waals surface area contributed by atoms with E-state index in [1.54, 1.807) is 0 Å². The topological polar surface area (TPSA) is 110 Å². The minimum absolute atomic E-state index is 0.0237. The molecule has 0 radical (unpaired) electrons. The van der Waals surface area contributed by atoms with Crippen LogP contribution in [-0.4, -0.2) is 40.7 Å². The molecule has 0 amide bonds. The molecule has 2 aromatic rings. The van der Waals surface area contributed by atoms with Gasteiger partial charge in [-0.15, -0.1) is 0 Å². The Hall–Kier alpha value is -2.52. The molecule has 1 aromatic heterocycles. The van der Waals surface area contributed by atoms with E-state index in [0.29, 0.717) is 22.0 Å². The minimum atomic E-state index is -0.594. The lowest BCUT2D eigenvalue weighted by atomic mass is 9.99. The summed E-state index contributed by atoms with van der Waals surface area (Å²) in [4.78, 5) is 39.8. The van der Waals surface area contributed by atoms with Crippen molar-refractivity contribution in [2.75, 3.05) is 6.61 Å². The third-order valence-corrected chi connectivity index (χ3v) is 4.66. The smallest absolute Gasteiger partial charge is 0.324 e. The van der Waals surface area contributed by atoms with Crippen LogP contribution in [0.2, 0.25) is 0 Å². The summed E-state index contributed by atoms with van der Waals surface area (Å²) < 4.78 is 16.8. The normalized spacial score (nSPS) is 22.0. The fraction of sp³-hybridized carbons (Fsp3) is 0.444. The molecule has 1 aromatic carbocycles. The summed E-state index contributed by atoms with van der Waals surface area (Å²) in [6, 6.07) is 3.78. The monoisotopic (exact) mass is 392 g/mol. The first-order chi connectivity index (χ1) is 12.7. The van der Waals surface area contributed by atoms with Crippen LogP contribution in [0.3, 0.4) is 0 Å². The van der Waals surface area contributed by atoms with Crippen molar-refractivity contribution < 1.29 is 23.8 Å². The molecule has 3 atom stereocenters. The quantitative estimate of drug-likeness (QED) is 0.606. The molecule has 1 aliphatic rings. The summed E-state index contributed by atoms with van der Waals surface area (Å²) in [7, 11) is 0. The number of fused-ring (bicyclic) bond motifs is 1. The van der Waals surface area contributed by atoms with E-state index < -0.39 is 35.9 Å². The van der Waals surface area contributed by atoms with Crippen molar-refractivity contribution in [1.82, 2.24) is 9.97 Å². The van der Waals surface area contributed by atoms with Crippen LogP contribution in [0.15, 0.2) is 16.9 Å². The van der Waals surface area contributed by atoms with Crippen LogP contribution >= 0.6 is 12.2 Å². The maximum atomic E-state index is 11.9. The fourth-order valence-electron chi connectivity index (χ4n) is 3.30. The fourth-order valence-corrected chi connectivity index (χ4v) is 3.56. The van der Waals surface area contributed by atoms with E-state index in [-0.39, 0.29) is 6.61 Å². The Labute approximate surface area is 159 Å². The van der Waals surface area contributed by atoms with Crippen molar-refractivity contribution in [1.29, 1.82) is 0 Å². The molecule has 8 nitrogen and oxygen atoms in total. The van der Waals surface area contributed by atoms with Crippen LogP contribution < -0.4 is 5.69 Å². The van der Waals surface area contributed by atoms with E-state index in [1.165, 1.54) is 13.8 Å². The zero-order chi connectivity index (χ0) is 19.7. The Morgan fingerprint density at radius 3 is 2.67 bits per heavy atom. The van der Waals surface area contributed by atoms with Crippen LogP contribution in [0.25, 0.3) is 10.9 Å². The first kappa shape index (κ1) is 19.2. The molecule has 1 saturated heterocycles. The number of ether oxygens (including phenoxy) is 3. The predicted octanol–water partition coefficient (Wildman–Crippen LogP) is 2.22. The molecule has 2 heterocycles. The maximum absolute atomic E-state index is 11.9. The molecule has 1 aliphatic heterocycles. The van der Waals surface area contributed by atoms with Gasteiger partial charge in [0.1, 0.15) is 23.5 Å². The summed E-state index contributed by atoms with van der Waals surface area (Å²) in [5.41, 5.74) is 1.85. The number of benzene rings is 1. The van der Waals surface area contributed by atoms with Crippen molar-refractivity contribution in [2.24, 2.45) is 0 Å². The molecule has 0 saturated carbocycles. The van der Waals surface area contributed by atoms with Crippen molar-refractivity contribution in [3.8, 4) is 0 Å². The lowest BCUT2D eigenvalue weighted by Crippen LogP contribution is -2.31. The Bertz CT molecular complexity index is 1010. The standard InChI is InChI=1S/C18H20N2O6S/c1-8-4-11(16-12(5-8)17(27)20-18(23)19-16)13-6-14(25-10(3)22)15(26-13)7-24-9(2)21/h4-5,13-15H,6-7H2,1-3H3,(H2,19,20,23,27)/t13-,14+,15-/m1/s1. The maximum Gasteiger partial charge on any atom is 0.324 e. The highest BCUT2D eigenvalue weighted by atomic mass is 32.1. The summed E-state index contributed by atoms with van der Waals surface area (Å²) in [5.74, 6) is -0.887. The van der Waals surface area contributed by atoms with Crippen LogP contribution in [0, 0.1) is 11.6 Å². The number of aromatic nitrogens is 2. The lowest BCUT2D eigenvalue weighted by molar-refractivity contribution is -0.154. The second kappa shape index (κ2) is 7.61. The average molecular weight is 392 g/mol. The van der Waals surface area contributed by atoms with Gasteiger partial charge in [-0.1, -0.05) is 18.3 Å². The van der Waals surface area contributed by atoms with Gasteiger partial charge in [-0.2, -0.15) is 0 Å². The summed E-state index contributed by atoms with van der Waals surface area (Å²) in [6.07, 6.45) is -1.24. The van der Waals surface area contributed by atoms with Crippen molar-refractivity contribution in [3.63, 3.8) is 0 Å². The summed E-state index contributed by atoms with van der Waals surface area (Å²) in [5, 5.41) is 0.704. The van der Waals surface area contributed by atoms with Gasteiger partial charge < -0.3 is 19.2 Å². The van der Waals surface area contributed by atoms with Gasteiger partial charge in [0, 0.05) is 31.2 Å². The predicted molar refractivity (Wildman–Crippen MR) is 98.9 cm³/mol. The van der Waals surface area contributed by atoms with Crippen LogP contribution in [0.4, 0.5) is 0 Å². The highest BCUT2D eigenvalue weighted by molar-refractivity contribution is 7.71. The van der Waals surface area contributed by atoms with Crippen LogP contribution in [0.1, 0.15) is 37.5 Å². The minimum Gasteiger partial charge on any atom is -0.463 e. The Kier molecular flexibility index (Phi) is 5.43. The van der Waals surface area contributed by atoms with Gasteiger partial charge in [0.2, 0.25) is 0 Å². The molecule has 1 fully saturated rings. The molecular weight excluding hydrogens is 372 g/mol. The van der Waals surface area contributed by atoms with E-state index in [0.717, 1.165) is 11.1 Å². The number of carbonyl (C=O) groups excluding carboxylic acids is 2. The SMILES string of the molecule is CC(=O)OC[C@H]1O[C@@H](c2cc(C)cc3c(=S)[nH]c(=O)[nH]c23)C[C@@H]1OC(C)=O. The molecule has 0 bridgehead atoms. The number of H-pyrrole nitrogens is 2. The second-order valence-electron chi connectivity index (χ2n) is 6.53. The summed E-state index contributed by atoms with van der Waals surface area (Å²) in [6.45, 7) is 4.50. The first-order valence-electron chi connectivity index (χ1n) is 8.47. The van der Waals surface area contributed by atoms with E-state index in [2.05, 4.69) is 9.97 Å². The zero-order valence-corrected chi connectivity index (χ0v) is 16.0. The first-order valence-corrected chi connectivity index (χ1v) is 8.88. The number of aromatic amines is 2. The van der Waals surface area contributed by atoms with E-state index in [4.69, 9.17) is 26.4 Å². The summed E-state index contributed by atoms with van der Waals surface area (Å²) >= 11 is 5.27. The average Bonchev–Trinajstić information content (AvgIpc) is 2.95. The molecular formula is C18H20N2O6S. The molecule has 0 aliphatic carbocycles. The number of carbonyl (C=O) groups is 2. The molecule has 0 spiro atoms. The van der Waals surface area contributed by atoms with Gasteiger partial charge in [0.05, 0.1) is 11.6 Å². The molecule has 9 heteroatoms. The van der Waals surface area contributed by atoms with E-state index in [9.17, 15) is 14.4 Å². The molecule has 0 unspecified atom stereocenters. The van der Waals surface area contributed by atoms with Crippen molar-refractivity contribution in [3.05, 3.63) is 38.4 Å². The van der Waals surface area contributed by atoms with Gasteiger partial charge in [-0.25, -0.2) is 4.79 Å².